The molecule has 1 aromatic carbocycles. The van der Waals surface area contributed by atoms with Crippen molar-refractivity contribution in [1.29, 1.82) is 0 Å². The first-order valence-corrected chi connectivity index (χ1v) is 10.0. The second-order valence-electron chi connectivity index (χ2n) is 6.82. The average Bonchev–Trinajstić information content (AvgIpc) is 2.60. The fourth-order valence-electron chi connectivity index (χ4n) is 2.79. The van der Waals surface area contributed by atoms with Gasteiger partial charge in [0.2, 0.25) is 0 Å². The molecule has 146 valence electrons. The van der Waals surface area contributed by atoms with Gasteiger partial charge < -0.3 is 10.6 Å². The number of carbonyl (C=O) groups excluding carboxylic acids is 1. The molecule has 0 unspecified atom stereocenters. The number of hydrogen-bond donors (Lipinski definition) is 2. The zero-order valence-electron chi connectivity index (χ0n) is 15.8. The predicted molar refractivity (Wildman–Crippen MR) is 116 cm³/mol. The maximum absolute atomic E-state index is 13.2. The molecule has 0 aliphatic rings. The highest BCUT2D eigenvalue weighted by Crippen LogP contribution is 2.21. The number of rotatable bonds is 7. The minimum Gasteiger partial charge on any atom is -0.383 e. The molecule has 1 heterocycles. The van der Waals surface area contributed by atoms with E-state index in [1.165, 1.54) is 9.47 Å². The molecule has 0 saturated heterocycles. The quantitative estimate of drug-likeness (QED) is 0.591. The van der Waals surface area contributed by atoms with Gasteiger partial charge in [0.15, 0.2) is 5.69 Å². The topological polar surface area (TPSA) is 101 Å². The number of unbranched alkanes of at least 4 members (excludes halogenated alkanes) is 1. The summed E-state index contributed by atoms with van der Waals surface area (Å²) in [6.45, 7) is 6.59. The van der Waals surface area contributed by atoms with E-state index in [-0.39, 0.29) is 23.3 Å². The smallest absolute Gasteiger partial charge is 0.330 e. The SMILES string of the molecule is CCCCN(C(=O)c1cccc(I)c1)c1c(N)n(CC(C)C)c(=O)[nH]c1=O. The van der Waals surface area contributed by atoms with Gasteiger partial charge in [-0.15, -0.1) is 0 Å². The first-order chi connectivity index (χ1) is 12.8. The van der Waals surface area contributed by atoms with Crippen LogP contribution in [0.15, 0.2) is 33.9 Å². The first-order valence-electron chi connectivity index (χ1n) is 8.96. The summed E-state index contributed by atoms with van der Waals surface area (Å²) in [5, 5.41) is 0. The van der Waals surface area contributed by atoms with Crippen LogP contribution in [0.4, 0.5) is 11.5 Å². The molecule has 2 aromatic rings. The van der Waals surface area contributed by atoms with E-state index in [9.17, 15) is 14.4 Å². The van der Waals surface area contributed by atoms with Crippen LogP contribution in [0.1, 0.15) is 44.0 Å². The molecule has 0 aliphatic carbocycles. The van der Waals surface area contributed by atoms with Gasteiger partial charge in [-0.25, -0.2) is 4.79 Å². The number of nitrogen functional groups attached to an aromatic ring is 1. The zero-order valence-corrected chi connectivity index (χ0v) is 17.9. The number of hydrogen-bond acceptors (Lipinski definition) is 4. The number of H-pyrrole nitrogens is 1. The number of halogens is 1. The summed E-state index contributed by atoms with van der Waals surface area (Å²) in [4.78, 5) is 41.6. The number of nitrogens with two attached hydrogens (primary N) is 1. The second-order valence-corrected chi connectivity index (χ2v) is 8.06. The number of nitrogens with zero attached hydrogens (tertiary/aromatic N) is 2. The Morgan fingerprint density at radius 1 is 1.33 bits per heavy atom. The molecular weight excluding hydrogens is 459 g/mol. The van der Waals surface area contributed by atoms with Crippen molar-refractivity contribution in [2.75, 3.05) is 17.2 Å². The Morgan fingerprint density at radius 2 is 2.04 bits per heavy atom. The lowest BCUT2D eigenvalue weighted by atomic mass is 10.1. The van der Waals surface area contributed by atoms with Crippen LogP contribution in [-0.2, 0) is 6.54 Å². The maximum Gasteiger partial charge on any atom is 0.330 e. The van der Waals surface area contributed by atoms with Crippen molar-refractivity contribution in [3.05, 3.63) is 54.2 Å². The molecule has 1 aromatic heterocycles. The highest BCUT2D eigenvalue weighted by molar-refractivity contribution is 14.1. The van der Waals surface area contributed by atoms with Crippen LogP contribution in [0.2, 0.25) is 0 Å². The van der Waals surface area contributed by atoms with Crippen molar-refractivity contribution < 1.29 is 4.79 Å². The molecule has 0 radical (unpaired) electrons. The Labute approximate surface area is 171 Å². The van der Waals surface area contributed by atoms with Gasteiger partial charge in [-0.1, -0.05) is 33.3 Å². The summed E-state index contributed by atoms with van der Waals surface area (Å²) in [5.41, 5.74) is 5.50. The fraction of sp³-hybridized carbons (Fsp3) is 0.421. The number of amides is 1. The van der Waals surface area contributed by atoms with E-state index in [2.05, 4.69) is 27.6 Å². The Bertz CT molecular complexity index is 933. The molecule has 0 saturated carbocycles. The van der Waals surface area contributed by atoms with Crippen LogP contribution >= 0.6 is 22.6 Å². The van der Waals surface area contributed by atoms with Crippen LogP contribution in [-0.4, -0.2) is 22.0 Å². The molecule has 0 aliphatic heterocycles. The van der Waals surface area contributed by atoms with Crippen LogP contribution in [0.3, 0.4) is 0 Å². The maximum atomic E-state index is 13.2. The third kappa shape index (κ3) is 5.00. The molecule has 27 heavy (non-hydrogen) atoms. The molecule has 3 N–H and O–H groups in total. The monoisotopic (exact) mass is 484 g/mol. The normalized spacial score (nSPS) is 11.0. The molecule has 0 atom stereocenters. The van der Waals surface area contributed by atoms with Gasteiger partial charge in [0, 0.05) is 22.2 Å². The van der Waals surface area contributed by atoms with Crippen molar-refractivity contribution >= 4 is 40.0 Å². The average molecular weight is 484 g/mol. The van der Waals surface area contributed by atoms with Crippen molar-refractivity contribution in [3.8, 4) is 0 Å². The van der Waals surface area contributed by atoms with Gasteiger partial charge in [0.05, 0.1) is 0 Å². The predicted octanol–water partition coefficient (Wildman–Crippen LogP) is 2.83. The number of aromatic nitrogens is 2. The largest absolute Gasteiger partial charge is 0.383 e. The van der Waals surface area contributed by atoms with Gasteiger partial charge in [0.25, 0.3) is 11.5 Å². The van der Waals surface area contributed by atoms with E-state index in [0.29, 0.717) is 25.1 Å². The highest BCUT2D eigenvalue weighted by atomic mass is 127. The summed E-state index contributed by atoms with van der Waals surface area (Å²) in [6.07, 6.45) is 1.55. The summed E-state index contributed by atoms with van der Waals surface area (Å²) in [5.74, 6) is -0.138. The van der Waals surface area contributed by atoms with Crippen molar-refractivity contribution in [3.63, 3.8) is 0 Å². The Balaban J connectivity index is 2.61. The minimum absolute atomic E-state index is 0.0209. The summed E-state index contributed by atoms with van der Waals surface area (Å²) < 4.78 is 2.24. The van der Waals surface area contributed by atoms with E-state index in [4.69, 9.17) is 5.73 Å². The standard InChI is InChI=1S/C19H25IN4O3/c1-4-5-9-23(18(26)13-7-6-8-14(20)10-13)15-16(21)24(11-12(2)3)19(27)22-17(15)25/h6-8,10,12H,4-5,9,11,21H2,1-3H3,(H,22,25,27). The Morgan fingerprint density at radius 3 is 2.63 bits per heavy atom. The third-order valence-electron chi connectivity index (χ3n) is 4.08. The van der Waals surface area contributed by atoms with E-state index in [0.717, 1.165) is 9.99 Å². The molecule has 2 rings (SSSR count). The van der Waals surface area contributed by atoms with Gasteiger partial charge >= 0.3 is 5.69 Å². The third-order valence-corrected chi connectivity index (χ3v) is 4.75. The molecule has 7 nitrogen and oxygen atoms in total. The highest BCUT2D eigenvalue weighted by Gasteiger charge is 2.25. The molecule has 0 spiro atoms. The van der Waals surface area contributed by atoms with Crippen LogP contribution in [0, 0.1) is 9.49 Å². The molecule has 1 amide bonds. The lowest BCUT2D eigenvalue weighted by Gasteiger charge is -2.25. The van der Waals surface area contributed by atoms with Gasteiger partial charge in [-0.3, -0.25) is 19.1 Å². The van der Waals surface area contributed by atoms with E-state index in [1.54, 1.807) is 18.2 Å². The van der Waals surface area contributed by atoms with Crippen molar-refractivity contribution in [1.82, 2.24) is 9.55 Å². The lowest BCUT2D eigenvalue weighted by Crippen LogP contribution is -2.42. The molecule has 0 bridgehead atoms. The zero-order chi connectivity index (χ0) is 20.1. The van der Waals surface area contributed by atoms with Crippen LogP contribution in [0.25, 0.3) is 0 Å². The van der Waals surface area contributed by atoms with Gasteiger partial charge in [0.1, 0.15) is 5.82 Å². The summed E-state index contributed by atoms with van der Waals surface area (Å²) in [6, 6.07) is 7.15. The van der Waals surface area contributed by atoms with Gasteiger partial charge in [-0.2, -0.15) is 0 Å². The van der Waals surface area contributed by atoms with Gasteiger partial charge in [-0.05, 0) is 53.1 Å². The van der Waals surface area contributed by atoms with E-state index >= 15 is 0 Å². The Hall–Kier alpha value is -2.10. The number of carbonyl (C=O) groups is 1. The van der Waals surface area contributed by atoms with E-state index < -0.39 is 11.2 Å². The number of aromatic amines is 1. The Kier molecular flexibility index (Phi) is 7.23. The molecule has 0 fully saturated rings. The van der Waals surface area contributed by atoms with Crippen molar-refractivity contribution in [2.24, 2.45) is 5.92 Å². The van der Waals surface area contributed by atoms with Crippen LogP contribution < -0.4 is 21.9 Å². The minimum atomic E-state index is -0.646. The number of anilines is 2. The molecular formula is C19H25IN4O3. The molecule has 8 heteroatoms. The lowest BCUT2D eigenvalue weighted by molar-refractivity contribution is 0.0986. The summed E-state index contributed by atoms with van der Waals surface area (Å²) >= 11 is 2.13. The second kappa shape index (κ2) is 9.20. The first kappa shape index (κ1) is 21.2. The van der Waals surface area contributed by atoms with Crippen molar-refractivity contribution in [2.45, 2.75) is 40.2 Å². The van der Waals surface area contributed by atoms with Crippen LogP contribution in [0.5, 0.6) is 0 Å². The fourth-order valence-corrected chi connectivity index (χ4v) is 3.34. The summed E-state index contributed by atoms with van der Waals surface area (Å²) in [7, 11) is 0. The number of benzene rings is 1. The number of nitrogens with one attached hydrogen (secondary N) is 1. The van der Waals surface area contributed by atoms with E-state index in [1.807, 2.05) is 26.8 Å².